The Morgan fingerprint density at radius 2 is 1.92 bits per heavy atom. The number of carbonyl (C=O) groups excluding carboxylic acids is 2. The smallest absolute Gasteiger partial charge is 0.339 e. The molecule has 25 heavy (non-hydrogen) atoms. The molecule has 0 saturated heterocycles. The number of hydrogen-bond donors (Lipinski definition) is 2. The topological polar surface area (TPSA) is 80.3 Å². The highest BCUT2D eigenvalue weighted by molar-refractivity contribution is 6.07. The number of ether oxygens (including phenoxy) is 1. The van der Waals surface area contributed by atoms with Crippen LogP contribution in [-0.2, 0) is 4.74 Å². The van der Waals surface area contributed by atoms with Crippen LogP contribution in [0.4, 0.5) is 11.4 Å². The van der Waals surface area contributed by atoms with E-state index in [1.165, 1.54) is 20.0 Å². The summed E-state index contributed by atoms with van der Waals surface area (Å²) in [4.78, 5) is 28.3. The van der Waals surface area contributed by atoms with Crippen molar-refractivity contribution in [2.45, 2.75) is 26.2 Å². The van der Waals surface area contributed by atoms with Crippen LogP contribution < -0.4 is 10.6 Å². The molecule has 0 bridgehead atoms. The third kappa shape index (κ3) is 5.31. The van der Waals surface area contributed by atoms with E-state index in [-0.39, 0.29) is 11.6 Å². The van der Waals surface area contributed by atoms with E-state index in [1.54, 1.807) is 36.5 Å². The molecule has 2 rings (SSSR count). The van der Waals surface area contributed by atoms with E-state index in [2.05, 4.69) is 22.5 Å². The molecule has 0 radical (unpaired) electrons. The first-order valence-corrected chi connectivity index (χ1v) is 8.34. The van der Waals surface area contributed by atoms with Crippen LogP contribution in [0.15, 0.2) is 42.6 Å². The second-order valence-corrected chi connectivity index (χ2v) is 5.56. The quantitative estimate of drug-likeness (QED) is 0.565. The van der Waals surface area contributed by atoms with Gasteiger partial charge in [-0.1, -0.05) is 31.9 Å². The van der Waals surface area contributed by atoms with Gasteiger partial charge in [-0.25, -0.2) is 9.78 Å². The van der Waals surface area contributed by atoms with Gasteiger partial charge in [0, 0.05) is 6.54 Å². The summed E-state index contributed by atoms with van der Waals surface area (Å²) in [6, 6.07) is 10.2. The number of pyridine rings is 1. The molecule has 0 fully saturated rings. The van der Waals surface area contributed by atoms with Gasteiger partial charge < -0.3 is 15.4 Å². The maximum Gasteiger partial charge on any atom is 0.339 e. The lowest BCUT2D eigenvalue weighted by atomic mass is 10.1. The number of methoxy groups -OCH3 is 1. The van der Waals surface area contributed by atoms with E-state index in [0.717, 1.165) is 18.7 Å². The molecule has 1 aromatic carbocycles. The van der Waals surface area contributed by atoms with Gasteiger partial charge in [-0.3, -0.25) is 4.79 Å². The number of amides is 1. The molecule has 2 aromatic rings. The van der Waals surface area contributed by atoms with Gasteiger partial charge in [0.25, 0.3) is 5.91 Å². The maximum absolute atomic E-state index is 12.3. The Labute approximate surface area is 147 Å². The number of anilines is 2. The summed E-state index contributed by atoms with van der Waals surface area (Å²) >= 11 is 0. The second-order valence-electron chi connectivity index (χ2n) is 5.56. The number of hydrogen-bond acceptors (Lipinski definition) is 5. The van der Waals surface area contributed by atoms with Gasteiger partial charge in [0.2, 0.25) is 0 Å². The molecule has 0 aliphatic rings. The molecule has 0 saturated carbocycles. The van der Waals surface area contributed by atoms with Crippen molar-refractivity contribution in [2.75, 3.05) is 24.3 Å². The van der Waals surface area contributed by atoms with Gasteiger partial charge in [-0.05, 0) is 30.7 Å². The summed E-state index contributed by atoms with van der Waals surface area (Å²) in [5.74, 6) is -0.885. The zero-order chi connectivity index (χ0) is 18.1. The van der Waals surface area contributed by atoms with Gasteiger partial charge in [0.15, 0.2) is 0 Å². The predicted octanol–water partition coefficient (Wildman–Crippen LogP) is 3.72. The molecule has 6 nitrogen and oxygen atoms in total. The molecule has 1 aromatic heterocycles. The molecule has 1 amide bonds. The van der Waals surface area contributed by atoms with Crippen LogP contribution >= 0.6 is 0 Å². The largest absolute Gasteiger partial charge is 0.465 e. The third-order valence-electron chi connectivity index (χ3n) is 3.69. The summed E-state index contributed by atoms with van der Waals surface area (Å²) in [6.07, 6.45) is 5.09. The molecular formula is C19H23N3O3. The highest BCUT2D eigenvalue weighted by Gasteiger charge is 2.14. The monoisotopic (exact) mass is 341 g/mol. The highest BCUT2D eigenvalue weighted by Crippen LogP contribution is 2.17. The van der Waals surface area contributed by atoms with E-state index in [4.69, 9.17) is 4.74 Å². The first-order valence-electron chi connectivity index (χ1n) is 8.34. The fourth-order valence-electron chi connectivity index (χ4n) is 2.31. The van der Waals surface area contributed by atoms with Crippen molar-refractivity contribution < 1.29 is 14.3 Å². The molecule has 0 unspecified atom stereocenters. The van der Waals surface area contributed by atoms with Crippen LogP contribution in [0.2, 0.25) is 0 Å². The zero-order valence-electron chi connectivity index (χ0n) is 14.5. The van der Waals surface area contributed by atoms with Crippen molar-refractivity contribution in [3.63, 3.8) is 0 Å². The van der Waals surface area contributed by atoms with Crippen LogP contribution in [0, 0.1) is 0 Å². The molecule has 132 valence electrons. The summed E-state index contributed by atoms with van der Waals surface area (Å²) in [5.41, 5.74) is 1.84. The number of para-hydroxylation sites is 1. The van der Waals surface area contributed by atoms with Crippen LogP contribution in [-0.4, -0.2) is 30.5 Å². The van der Waals surface area contributed by atoms with Crippen molar-refractivity contribution in [3.8, 4) is 0 Å². The standard InChI is InChI=1S/C19H23N3O3/c1-3-4-7-12-20-14-10-11-17(21-13-14)18(23)22-16-9-6-5-8-15(16)19(24)25-2/h5-6,8-11,13,20H,3-4,7,12H2,1-2H3,(H,22,23). The Morgan fingerprint density at radius 1 is 1.12 bits per heavy atom. The van der Waals surface area contributed by atoms with Crippen LogP contribution in [0.1, 0.15) is 47.0 Å². The second kappa shape index (κ2) is 9.42. The number of carbonyl (C=O) groups is 2. The van der Waals surface area contributed by atoms with Gasteiger partial charge in [0.05, 0.1) is 30.2 Å². The van der Waals surface area contributed by atoms with E-state index >= 15 is 0 Å². The number of aromatic nitrogens is 1. The number of nitrogens with zero attached hydrogens (tertiary/aromatic N) is 1. The first kappa shape index (κ1) is 18.4. The Morgan fingerprint density at radius 3 is 2.60 bits per heavy atom. The first-order chi connectivity index (χ1) is 12.2. The molecular weight excluding hydrogens is 318 g/mol. The summed E-state index contributed by atoms with van der Waals surface area (Å²) in [5, 5.41) is 5.97. The average Bonchev–Trinajstić information content (AvgIpc) is 2.65. The van der Waals surface area contributed by atoms with Crippen molar-refractivity contribution in [1.82, 2.24) is 4.98 Å². The van der Waals surface area contributed by atoms with Gasteiger partial charge in [-0.2, -0.15) is 0 Å². The predicted molar refractivity (Wildman–Crippen MR) is 98.0 cm³/mol. The minimum absolute atomic E-state index is 0.277. The SMILES string of the molecule is CCCCCNc1ccc(C(=O)Nc2ccccc2C(=O)OC)nc1. The van der Waals surface area contributed by atoms with Gasteiger partial charge in [-0.15, -0.1) is 0 Å². The summed E-state index contributed by atoms with van der Waals surface area (Å²) < 4.78 is 4.72. The Kier molecular flexibility index (Phi) is 6.95. The maximum atomic E-state index is 12.3. The van der Waals surface area contributed by atoms with E-state index in [9.17, 15) is 9.59 Å². The van der Waals surface area contributed by atoms with E-state index in [1.807, 2.05) is 6.07 Å². The number of rotatable bonds is 8. The molecule has 0 aliphatic carbocycles. The zero-order valence-corrected chi connectivity index (χ0v) is 14.5. The van der Waals surface area contributed by atoms with Crippen molar-refractivity contribution in [2.24, 2.45) is 0 Å². The number of esters is 1. The van der Waals surface area contributed by atoms with E-state index < -0.39 is 5.97 Å². The van der Waals surface area contributed by atoms with Gasteiger partial charge in [0.1, 0.15) is 5.69 Å². The number of unbranched alkanes of at least 4 members (excludes halogenated alkanes) is 2. The minimum Gasteiger partial charge on any atom is -0.465 e. The third-order valence-corrected chi connectivity index (χ3v) is 3.69. The fourth-order valence-corrected chi connectivity index (χ4v) is 2.31. The lowest BCUT2D eigenvalue weighted by Crippen LogP contribution is -2.16. The fraction of sp³-hybridized carbons (Fsp3) is 0.316. The minimum atomic E-state index is -0.504. The molecule has 0 atom stereocenters. The number of nitrogens with one attached hydrogen (secondary N) is 2. The van der Waals surface area contributed by atoms with E-state index in [0.29, 0.717) is 11.3 Å². The lowest BCUT2D eigenvalue weighted by Gasteiger charge is -2.10. The van der Waals surface area contributed by atoms with Crippen molar-refractivity contribution in [3.05, 3.63) is 53.9 Å². The molecule has 2 N–H and O–H groups in total. The molecule has 0 spiro atoms. The van der Waals surface area contributed by atoms with Crippen molar-refractivity contribution in [1.29, 1.82) is 0 Å². The normalized spacial score (nSPS) is 10.2. The van der Waals surface area contributed by atoms with Crippen LogP contribution in [0.25, 0.3) is 0 Å². The van der Waals surface area contributed by atoms with Crippen LogP contribution in [0.3, 0.4) is 0 Å². The average molecular weight is 341 g/mol. The van der Waals surface area contributed by atoms with Gasteiger partial charge >= 0.3 is 5.97 Å². The Bertz CT molecular complexity index is 714. The molecule has 0 aliphatic heterocycles. The van der Waals surface area contributed by atoms with Crippen LogP contribution in [0.5, 0.6) is 0 Å². The summed E-state index contributed by atoms with van der Waals surface area (Å²) in [6.45, 7) is 3.04. The Balaban J connectivity index is 2.01. The molecule has 1 heterocycles. The highest BCUT2D eigenvalue weighted by atomic mass is 16.5. The Hall–Kier alpha value is -2.89. The lowest BCUT2D eigenvalue weighted by molar-refractivity contribution is 0.0602. The summed E-state index contributed by atoms with van der Waals surface area (Å²) in [7, 11) is 1.30. The van der Waals surface area contributed by atoms with Crippen molar-refractivity contribution >= 4 is 23.3 Å². The molecule has 6 heteroatoms. The number of benzene rings is 1.